The molecule has 0 bridgehead atoms. The summed E-state index contributed by atoms with van der Waals surface area (Å²) in [6.45, 7) is 3.36. The second-order valence-corrected chi connectivity index (χ2v) is 8.15. The molecule has 0 saturated heterocycles. The fourth-order valence-electron chi connectivity index (χ4n) is 2.98. The van der Waals surface area contributed by atoms with Crippen LogP contribution < -0.4 is 17.0 Å². The zero-order valence-corrected chi connectivity index (χ0v) is 18.3. The Hall–Kier alpha value is -3.33. The minimum atomic E-state index is -1.08. The summed E-state index contributed by atoms with van der Waals surface area (Å²) in [7, 11) is 0. The zero-order valence-electron chi connectivity index (χ0n) is 17.5. The van der Waals surface area contributed by atoms with E-state index in [0.29, 0.717) is 5.69 Å². The third-order valence-corrected chi connectivity index (χ3v) is 5.53. The lowest BCUT2D eigenvalue weighted by Crippen LogP contribution is -2.51. The lowest BCUT2D eigenvalue weighted by atomic mass is 10.1. The van der Waals surface area contributed by atoms with E-state index < -0.39 is 23.3 Å². The highest BCUT2D eigenvalue weighted by atomic mass is 32.2. The molecule has 162 valence electrons. The summed E-state index contributed by atoms with van der Waals surface area (Å²) in [6, 6.07) is 15.1. The maximum absolute atomic E-state index is 13.2. The molecule has 1 heterocycles. The van der Waals surface area contributed by atoms with Crippen LogP contribution >= 0.6 is 11.8 Å². The summed E-state index contributed by atoms with van der Waals surface area (Å²) in [5.74, 6) is -1.98. The lowest BCUT2D eigenvalue weighted by molar-refractivity contribution is -0.141. The first-order valence-corrected chi connectivity index (χ1v) is 10.9. The second-order valence-electron chi connectivity index (χ2n) is 7.27. The summed E-state index contributed by atoms with van der Waals surface area (Å²) in [5.41, 5.74) is 1.33. The van der Waals surface area contributed by atoms with E-state index in [4.69, 9.17) is 0 Å². The lowest BCUT2D eigenvalue weighted by Gasteiger charge is -2.13. The van der Waals surface area contributed by atoms with Gasteiger partial charge < -0.3 is 5.11 Å². The van der Waals surface area contributed by atoms with E-state index in [1.807, 2.05) is 55.6 Å². The van der Waals surface area contributed by atoms with Crippen LogP contribution in [0.2, 0.25) is 0 Å². The number of carboxylic acids is 1. The molecule has 3 aromatic rings. The van der Waals surface area contributed by atoms with Crippen LogP contribution in [-0.4, -0.2) is 31.4 Å². The Morgan fingerprint density at radius 3 is 2.52 bits per heavy atom. The van der Waals surface area contributed by atoms with E-state index in [0.717, 1.165) is 20.6 Å². The third-order valence-electron chi connectivity index (χ3n) is 4.81. The van der Waals surface area contributed by atoms with Crippen molar-refractivity contribution < 1.29 is 9.90 Å². The largest absolute Gasteiger partial charge is 0.481 e. The third kappa shape index (κ3) is 5.43. The number of thioether (sulfide) groups is 1. The molecule has 0 aliphatic carbocycles. The van der Waals surface area contributed by atoms with Crippen molar-refractivity contribution in [3.63, 3.8) is 0 Å². The predicted octanol–water partition coefficient (Wildman–Crippen LogP) is 2.37. The fourth-order valence-corrected chi connectivity index (χ4v) is 3.43. The van der Waals surface area contributed by atoms with Crippen molar-refractivity contribution in [3.05, 3.63) is 86.2 Å². The van der Waals surface area contributed by atoms with Crippen LogP contribution in [0, 0.1) is 12.8 Å². The number of aliphatic carboxylic acids is 1. The monoisotopic (exact) mass is 440 g/mol. The van der Waals surface area contributed by atoms with Crippen molar-refractivity contribution in [2.75, 3.05) is 6.26 Å². The molecule has 0 saturated carbocycles. The van der Waals surface area contributed by atoms with Crippen molar-refractivity contribution in [2.24, 2.45) is 10.9 Å². The molecule has 2 aromatic carbocycles. The van der Waals surface area contributed by atoms with Crippen molar-refractivity contribution in [1.29, 1.82) is 0 Å². The van der Waals surface area contributed by atoms with Gasteiger partial charge in [0, 0.05) is 11.4 Å². The fraction of sp³-hybridized carbons (Fsp3) is 0.273. The second kappa shape index (κ2) is 9.65. The number of aromatic nitrogens is 3. The molecule has 1 aromatic heterocycles. The summed E-state index contributed by atoms with van der Waals surface area (Å²) in [4.78, 5) is 45.2. The van der Waals surface area contributed by atoms with Crippen LogP contribution in [0.15, 0.2) is 68.0 Å². The van der Waals surface area contributed by atoms with Crippen LogP contribution in [0.3, 0.4) is 0 Å². The smallest absolute Gasteiger partial charge is 0.335 e. The molecule has 31 heavy (non-hydrogen) atoms. The van der Waals surface area contributed by atoms with Gasteiger partial charge in [-0.3, -0.25) is 14.3 Å². The quantitative estimate of drug-likeness (QED) is 0.548. The number of benzene rings is 2. The average molecular weight is 441 g/mol. The molecular weight excluding hydrogens is 416 g/mol. The van der Waals surface area contributed by atoms with Gasteiger partial charge in [0.15, 0.2) is 0 Å². The summed E-state index contributed by atoms with van der Waals surface area (Å²) in [5, 5.41) is 9.20. The van der Waals surface area contributed by atoms with Crippen molar-refractivity contribution in [3.8, 4) is 0 Å². The van der Waals surface area contributed by atoms with Gasteiger partial charge in [0.05, 0.1) is 18.2 Å². The summed E-state index contributed by atoms with van der Waals surface area (Å²) < 4.78 is 2.26. The van der Waals surface area contributed by atoms with Gasteiger partial charge in [0.1, 0.15) is 0 Å². The highest BCUT2D eigenvalue weighted by molar-refractivity contribution is 7.98. The van der Waals surface area contributed by atoms with E-state index in [1.54, 1.807) is 17.8 Å². The number of carbonyl (C=O) groups is 1. The minimum Gasteiger partial charge on any atom is -0.481 e. The molecule has 3 rings (SSSR count). The van der Waals surface area contributed by atoms with E-state index in [2.05, 4.69) is 9.98 Å². The Morgan fingerprint density at radius 1 is 1.16 bits per heavy atom. The molecule has 0 aliphatic rings. The number of hydrogen-bond acceptors (Lipinski definition) is 5. The zero-order chi connectivity index (χ0) is 22.5. The van der Waals surface area contributed by atoms with Gasteiger partial charge in [-0.15, -0.1) is 11.8 Å². The molecule has 0 aliphatic heterocycles. The van der Waals surface area contributed by atoms with Crippen LogP contribution in [0.5, 0.6) is 0 Å². The summed E-state index contributed by atoms with van der Waals surface area (Å²) >= 11 is 1.56. The van der Waals surface area contributed by atoms with Crippen molar-refractivity contribution in [2.45, 2.75) is 31.8 Å². The standard InChI is InChI=1S/C22H24N4O4S/c1-14-7-9-16(10-8-14)13-25-20(23-17-5-4-6-18(11-17)31-3)24-21(29)26(22(25)30)12-15(2)19(27)28/h4-11,15H,12-13H2,1-3H3,(H,27,28)(H,23,24,29)/t15-/m0/s1. The Balaban J connectivity index is 2.19. The average Bonchev–Trinajstić information content (AvgIpc) is 2.75. The van der Waals surface area contributed by atoms with Gasteiger partial charge in [-0.25, -0.2) is 19.1 Å². The summed E-state index contributed by atoms with van der Waals surface area (Å²) in [6.07, 6.45) is 1.95. The molecule has 2 N–H and O–H groups in total. The van der Waals surface area contributed by atoms with Gasteiger partial charge >= 0.3 is 17.3 Å². The van der Waals surface area contributed by atoms with Crippen molar-refractivity contribution >= 4 is 23.4 Å². The first kappa shape index (κ1) is 22.4. The Labute approximate surface area is 182 Å². The number of nitrogens with zero attached hydrogens (tertiary/aromatic N) is 3. The van der Waals surface area contributed by atoms with Crippen molar-refractivity contribution in [1.82, 2.24) is 14.1 Å². The minimum absolute atomic E-state index is 0.105. The molecule has 0 spiro atoms. The van der Waals surface area contributed by atoms with Gasteiger partial charge in [-0.05, 0) is 36.9 Å². The highest BCUT2D eigenvalue weighted by Crippen LogP contribution is 2.20. The Bertz CT molecular complexity index is 1270. The number of aryl methyl sites for hydroxylation is 1. The number of nitrogens with one attached hydrogen (secondary N) is 1. The maximum atomic E-state index is 13.2. The first-order valence-electron chi connectivity index (χ1n) is 9.69. The molecule has 0 fully saturated rings. The van der Waals surface area contributed by atoms with Crippen LogP contribution in [0.25, 0.3) is 0 Å². The van der Waals surface area contributed by atoms with E-state index in [-0.39, 0.29) is 18.7 Å². The Morgan fingerprint density at radius 2 is 1.87 bits per heavy atom. The molecule has 9 heteroatoms. The molecule has 1 atom stereocenters. The van der Waals surface area contributed by atoms with E-state index in [1.165, 1.54) is 11.5 Å². The molecular formula is C22H24N4O4S. The molecule has 8 nitrogen and oxygen atoms in total. The molecule has 0 amide bonds. The topological polar surface area (TPSA) is 109 Å². The SMILES string of the molecule is CSc1cccc(/N=c2\[nH]c(=O)n(C[C@H](C)C(=O)O)c(=O)n2Cc2ccc(C)cc2)c1. The number of hydrogen-bond donors (Lipinski definition) is 2. The van der Waals surface area contributed by atoms with E-state index in [9.17, 15) is 19.5 Å². The van der Waals surface area contributed by atoms with Gasteiger partial charge in [-0.1, -0.05) is 42.8 Å². The Kier molecular flexibility index (Phi) is 6.96. The predicted molar refractivity (Wildman–Crippen MR) is 120 cm³/mol. The van der Waals surface area contributed by atoms with Gasteiger partial charge in [0.2, 0.25) is 5.62 Å². The molecule has 0 radical (unpaired) electrons. The van der Waals surface area contributed by atoms with Crippen LogP contribution in [0.4, 0.5) is 5.69 Å². The van der Waals surface area contributed by atoms with Gasteiger partial charge in [0.25, 0.3) is 0 Å². The molecule has 0 unspecified atom stereocenters. The number of H-pyrrole nitrogens is 1. The number of carboxylic acid groups (broad SMARTS) is 1. The first-order chi connectivity index (χ1) is 14.8. The highest BCUT2D eigenvalue weighted by Gasteiger charge is 2.17. The maximum Gasteiger partial charge on any atom is 0.335 e. The normalized spacial score (nSPS) is 12.7. The number of rotatable bonds is 7. The van der Waals surface area contributed by atoms with E-state index >= 15 is 0 Å². The number of aromatic amines is 1. The van der Waals surface area contributed by atoms with Crippen LogP contribution in [-0.2, 0) is 17.9 Å². The van der Waals surface area contributed by atoms with Gasteiger partial charge in [-0.2, -0.15) is 0 Å². The van der Waals surface area contributed by atoms with Crippen LogP contribution in [0.1, 0.15) is 18.1 Å².